The van der Waals surface area contributed by atoms with E-state index < -0.39 is 0 Å². The van der Waals surface area contributed by atoms with E-state index in [9.17, 15) is 0 Å². The van der Waals surface area contributed by atoms with Gasteiger partial charge in [0.15, 0.2) is 6.04 Å². The monoisotopic (exact) mass is 202 g/mol. The van der Waals surface area contributed by atoms with E-state index in [1.165, 1.54) is 11.1 Å². The SMILES string of the molecule is Nc1c[n+](C2Cc3ccccc3C2)no1. The molecule has 0 saturated heterocycles. The van der Waals surface area contributed by atoms with Gasteiger partial charge in [-0.1, -0.05) is 24.3 Å². The van der Waals surface area contributed by atoms with E-state index in [0.717, 1.165) is 12.8 Å². The summed E-state index contributed by atoms with van der Waals surface area (Å²) in [7, 11) is 0. The minimum Gasteiger partial charge on any atom is -0.362 e. The molecule has 4 nitrogen and oxygen atoms in total. The van der Waals surface area contributed by atoms with E-state index in [0.29, 0.717) is 11.9 Å². The van der Waals surface area contributed by atoms with Crippen molar-refractivity contribution in [2.24, 2.45) is 0 Å². The third-order valence-corrected chi connectivity index (χ3v) is 2.90. The van der Waals surface area contributed by atoms with Gasteiger partial charge in [0.2, 0.25) is 5.27 Å². The summed E-state index contributed by atoms with van der Waals surface area (Å²) in [6.45, 7) is 0. The van der Waals surface area contributed by atoms with Gasteiger partial charge in [-0.15, -0.1) is 0 Å². The lowest BCUT2D eigenvalue weighted by Gasteiger charge is -1.94. The number of nitrogens with zero attached hydrogens (tertiary/aromatic N) is 2. The third-order valence-electron chi connectivity index (χ3n) is 2.90. The van der Waals surface area contributed by atoms with Crippen LogP contribution in [0.15, 0.2) is 35.0 Å². The predicted octanol–water partition coefficient (Wildman–Crippen LogP) is 0.884. The maximum Gasteiger partial charge on any atom is 0.293 e. The topological polar surface area (TPSA) is 55.9 Å². The molecule has 3 rings (SSSR count). The Morgan fingerprint density at radius 3 is 2.47 bits per heavy atom. The lowest BCUT2D eigenvalue weighted by Crippen LogP contribution is -2.41. The molecule has 0 unspecified atom stereocenters. The van der Waals surface area contributed by atoms with Gasteiger partial charge in [-0.3, -0.25) is 4.52 Å². The normalized spacial score (nSPS) is 15.5. The summed E-state index contributed by atoms with van der Waals surface area (Å²) < 4.78 is 6.68. The number of anilines is 1. The second-order valence-corrected chi connectivity index (χ2v) is 3.92. The molecular weight excluding hydrogens is 190 g/mol. The van der Waals surface area contributed by atoms with Crippen molar-refractivity contribution in [2.75, 3.05) is 5.73 Å². The van der Waals surface area contributed by atoms with Crippen LogP contribution >= 0.6 is 0 Å². The molecule has 0 radical (unpaired) electrons. The van der Waals surface area contributed by atoms with Crippen molar-refractivity contribution in [3.05, 3.63) is 41.6 Å². The van der Waals surface area contributed by atoms with E-state index in [4.69, 9.17) is 10.3 Å². The minimum absolute atomic E-state index is 0.350. The molecular formula is C11H12N3O+. The fraction of sp³-hybridized carbons (Fsp3) is 0.273. The number of aromatic nitrogens is 2. The molecule has 1 aromatic carbocycles. The third kappa shape index (κ3) is 1.38. The van der Waals surface area contributed by atoms with Crippen LogP contribution in [0.4, 0.5) is 5.88 Å². The van der Waals surface area contributed by atoms with Crippen molar-refractivity contribution in [3.63, 3.8) is 0 Å². The van der Waals surface area contributed by atoms with Gasteiger partial charge in [-0.2, -0.15) is 0 Å². The summed E-state index contributed by atoms with van der Waals surface area (Å²) in [5, 5.41) is 3.90. The Labute approximate surface area is 87.3 Å². The van der Waals surface area contributed by atoms with Crippen LogP contribution < -0.4 is 10.4 Å². The first-order valence-electron chi connectivity index (χ1n) is 5.03. The molecule has 1 aliphatic carbocycles. The summed E-state index contributed by atoms with van der Waals surface area (Å²) >= 11 is 0. The quantitative estimate of drug-likeness (QED) is 0.698. The molecule has 76 valence electrons. The molecule has 2 aromatic rings. The maximum atomic E-state index is 5.50. The van der Waals surface area contributed by atoms with E-state index in [2.05, 4.69) is 29.5 Å². The highest BCUT2D eigenvalue weighted by Crippen LogP contribution is 2.26. The highest BCUT2D eigenvalue weighted by Gasteiger charge is 2.31. The molecule has 0 amide bonds. The maximum absolute atomic E-state index is 5.50. The van der Waals surface area contributed by atoms with Crippen LogP contribution in [-0.4, -0.2) is 5.27 Å². The summed E-state index contributed by atoms with van der Waals surface area (Å²) in [5.41, 5.74) is 8.30. The zero-order chi connectivity index (χ0) is 10.3. The van der Waals surface area contributed by atoms with Crippen LogP contribution in [0.2, 0.25) is 0 Å². The van der Waals surface area contributed by atoms with Gasteiger partial charge < -0.3 is 5.73 Å². The first-order chi connectivity index (χ1) is 7.33. The molecule has 0 spiro atoms. The van der Waals surface area contributed by atoms with Crippen LogP contribution in [0.5, 0.6) is 0 Å². The smallest absolute Gasteiger partial charge is 0.293 e. The Balaban J connectivity index is 1.90. The van der Waals surface area contributed by atoms with Crippen molar-refractivity contribution in [2.45, 2.75) is 18.9 Å². The zero-order valence-corrected chi connectivity index (χ0v) is 8.26. The van der Waals surface area contributed by atoms with Gasteiger partial charge in [-0.05, 0) is 15.8 Å². The summed E-state index contributed by atoms with van der Waals surface area (Å²) in [6, 6.07) is 8.83. The molecule has 0 bridgehead atoms. The number of hydrogen-bond donors (Lipinski definition) is 1. The minimum atomic E-state index is 0.350. The van der Waals surface area contributed by atoms with Gasteiger partial charge >= 0.3 is 0 Å². The summed E-state index contributed by atoms with van der Waals surface area (Å²) in [6.07, 6.45) is 3.76. The van der Waals surface area contributed by atoms with Crippen molar-refractivity contribution < 1.29 is 9.20 Å². The molecule has 15 heavy (non-hydrogen) atoms. The number of fused-ring (bicyclic) bond motifs is 1. The number of benzene rings is 1. The lowest BCUT2D eigenvalue weighted by molar-refractivity contribution is -0.783. The highest BCUT2D eigenvalue weighted by molar-refractivity contribution is 5.31. The Morgan fingerprint density at radius 1 is 1.27 bits per heavy atom. The molecule has 1 heterocycles. The van der Waals surface area contributed by atoms with Gasteiger partial charge in [0, 0.05) is 12.8 Å². The van der Waals surface area contributed by atoms with E-state index in [-0.39, 0.29) is 0 Å². The van der Waals surface area contributed by atoms with Crippen LogP contribution in [-0.2, 0) is 12.8 Å². The first kappa shape index (κ1) is 8.47. The second-order valence-electron chi connectivity index (χ2n) is 3.92. The standard InChI is InChI=1S/C11H12N3O/c12-11-7-14(13-15-11)10-5-8-3-1-2-4-9(8)6-10/h1-4,7,10H,5-6,12H2/q+1. The second kappa shape index (κ2) is 3.08. The van der Waals surface area contributed by atoms with E-state index >= 15 is 0 Å². The largest absolute Gasteiger partial charge is 0.362 e. The molecule has 1 aliphatic rings. The van der Waals surface area contributed by atoms with Crippen molar-refractivity contribution in [1.82, 2.24) is 5.27 Å². The van der Waals surface area contributed by atoms with Crippen molar-refractivity contribution >= 4 is 5.88 Å². The Kier molecular flexibility index (Phi) is 1.74. The van der Waals surface area contributed by atoms with Crippen LogP contribution in [0.25, 0.3) is 0 Å². The van der Waals surface area contributed by atoms with Crippen molar-refractivity contribution in [3.8, 4) is 0 Å². The number of hydrogen-bond acceptors (Lipinski definition) is 3. The molecule has 1 aromatic heterocycles. The Morgan fingerprint density at radius 2 is 1.93 bits per heavy atom. The van der Waals surface area contributed by atoms with Gasteiger partial charge in [0.25, 0.3) is 12.1 Å². The Bertz CT molecular complexity index is 467. The fourth-order valence-corrected chi connectivity index (χ4v) is 2.17. The van der Waals surface area contributed by atoms with Crippen LogP contribution in [0.1, 0.15) is 17.2 Å². The average molecular weight is 202 g/mol. The summed E-state index contributed by atoms with van der Waals surface area (Å²) in [5.74, 6) is 0.367. The zero-order valence-electron chi connectivity index (χ0n) is 8.26. The molecule has 2 N–H and O–H groups in total. The van der Waals surface area contributed by atoms with Gasteiger partial charge in [-0.25, -0.2) is 0 Å². The van der Waals surface area contributed by atoms with Crippen LogP contribution in [0, 0.1) is 0 Å². The molecule has 4 heteroatoms. The molecule has 0 aliphatic heterocycles. The van der Waals surface area contributed by atoms with Crippen molar-refractivity contribution in [1.29, 1.82) is 0 Å². The molecule has 0 fully saturated rings. The lowest BCUT2D eigenvalue weighted by atomic mass is 10.1. The fourth-order valence-electron chi connectivity index (χ4n) is 2.17. The van der Waals surface area contributed by atoms with Gasteiger partial charge in [0.1, 0.15) is 0 Å². The number of nitrogen functional groups attached to an aromatic ring is 1. The highest BCUT2D eigenvalue weighted by atomic mass is 16.5. The van der Waals surface area contributed by atoms with Gasteiger partial charge in [0.05, 0.1) is 0 Å². The van der Waals surface area contributed by atoms with E-state index in [1.807, 2.05) is 4.68 Å². The predicted molar refractivity (Wildman–Crippen MR) is 54.0 cm³/mol. The number of nitrogens with two attached hydrogens (primary N) is 1. The molecule has 0 saturated carbocycles. The molecule has 0 atom stereocenters. The summed E-state index contributed by atoms with van der Waals surface area (Å²) in [4.78, 5) is 0. The number of rotatable bonds is 1. The Hall–Kier alpha value is -1.84. The van der Waals surface area contributed by atoms with Crippen LogP contribution in [0.3, 0.4) is 0 Å². The average Bonchev–Trinajstić information content (AvgIpc) is 2.82. The van der Waals surface area contributed by atoms with E-state index in [1.54, 1.807) is 6.20 Å². The first-order valence-corrected chi connectivity index (χ1v) is 5.03.